The van der Waals surface area contributed by atoms with Crippen LogP contribution < -0.4 is 5.32 Å². The highest BCUT2D eigenvalue weighted by Gasteiger charge is 2.06. The predicted octanol–water partition coefficient (Wildman–Crippen LogP) is 0.899. The SMILES string of the molecule is N#CC(C#N)=C(C#N)Nc1ccc(-n2cnnn2)cc1. The Morgan fingerprint density at radius 3 is 2.25 bits per heavy atom. The van der Waals surface area contributed by atoms with E-state index in [-0.39, 0.29) is 11.3 Å². The molecule has 20 heavy (non-hydrogen) atoms. The Kier molecular flexibility index (Phi) is 3.67. The molecule has 0 atom stereocenters. The van der Waals surface area contributed by atoms with Crippen molar-refractivity contribution in [3.63, 3.8) is 0 Å². The normalized spacial score (nSPS) is 8.85. The van der Waals surface area contributed by atoms with Crippen LogP contribution in [0.25, 0.3) is 5.69 Å². The molecule has 0 amide bonds. The molecule has 2 aromatic rings. The van der Waals surface area contributed by atoms with Crippen molar-refractivity contribution in [3.05, 3.63) is 41.9 Å². The maximum atomic E-state index is 8.92. The molecule has 0 radical (unpaired) electrons. The monoisotopic (exact) mass is 262 g/mol. The first-order valence-electron chi connectivity index (χ1n) is 5.33. The van der Waals surface area contributed by atoms with E-state index in [9.17, 15) is 0 Å². The molecular weight excluding hydrogens is 256 g/mol. The van der Waals surface area contributed by atoms with E-state index >= 15 is 0 Å². The Hall–Kier alpha value is -3.70. The zero-order chi connectivity index (χ0) is 14.4. The van der Waals surface area contributed by atoms with Gasteiger partial charge in [0.15, 0.2) is 5.57 Å². The Labute approximate surface area is 113 Å². The van der Waals surface area contributed by atoms with E-state index in [0.717, 1.165) is 5.69 Å². The fourth-order valence-corrected chi connectivity index (χ4v) is 1.40. The van der Waals surface area contributed by atoms with Gasteiger partial charge in [0.2, 0.25) is 0 Å². The van der Waals surface area contributed by atoms with Gasteiger partial charge in [-0.3, -0.25) is 0 Å². The Morgan fingerprint density at radius 2 is 1.75 bits per heavy atom. The van der Waals surface area contributed by atoms with E-state index in [1.54, 1.807) is 42.5 Å². The zero-order valence-corrected chi connectivity index (χ0v) is 10.0. The molecule has 0 saturated heterocycles. The number of nitrogens with one attached hydrogen (secondary N) is 1. The van der Waals surface area contributed by atoms with Gasteiger partial charge in [-0.15, -0.1) is 5.10 Å². The van der Waals surface area contributed by atoms with Crippen molar-refractivity contribution in [2.75, 3.05) is 5.32 Å². The van der Waals surface area contributed by atoms with Crippen molar-refractivity contribution in [2.24, 2.45) is 0 Å². The zero-order valence-electron chi connectivity index (χ0n) is 10.0. The molecule has 0 saturated carbocycles. The molecule has 0 bridgehead atoms. The summed E-state index contributed by atoms with van der Waals surface area (Å²) < 4.78 is 1.47. The van der Waals surface area contributed by atoms with Crippen LogP contribution in [0.4, 0.5) is 5.69 Å². The molecule has 0 spiro atoms. The van der Waals surface area contributed by atoms with E-state index in [4.69, 9.17) is 15.8 Å². The Bertz CT molecular complexity index is 734. The molecule has 2 rings (SSSR count). The topological polar surface area (TPSA) is 127 Å². The molecule has 0 unspecified atom stereocenters. The highest BCUT2D eigenvalue weighted by Crippen LogP contribution is 2.15. The number of hydrogen-bond acceptors (Lipinski definition) is 7. The maximum absolute atomic E-state index is 8.92. The first kappa shape index (κ1) is 12.7. The van der Waals surface area contributed by atoms with Crippen LogP contribution in [-0.4, -0.2) is 20.2 Å². The number of rotatable bonds is 3. The van der Waals surface area contributed by atoms with Gasteiger partial charge in [-0.1, -0.05) is 0 Å². The number of nitriles is 3. The summed E-state index contributed by atoms with van der Waals surface area (Å²) >= 11 is 0. The second kappa shape index (κ2) is 5.76. The van der Waals surface area contributed by atoms with Crippen LogP contribution in [-0.2, 0) is 0 Å². The summed E-state index contributed by atoms with van der Waals surface area (Å²) in [4.78, 5) is 0. The van der Waals surface area contributed by atoms with Gasteiger partial charge in [0.05, 0.1) is 5.69 Å². The number of nitrogens with zero attached hydrogens (tertiary/aromatic N) is 7. The predicted molar refractivity (Wildman–Crippen MR) is 66.6 cm³/mol. The minimum absolute atomic E-state index is 0.0924. The molecule has 1 heterocycles. The lowest BCUT2D eigenvalue weighted by Gasteiger charge is -2.05. The highest BCUT2D eigenvalue weighted by molar-refractivity contribution is 5.59. The molecular formula is C12H6N8. The lowest BCUT2D eigenvalue weighted by atomic mass is 10.2. The van der Waals surface area contributed by atoms with Crippen molar-refractivity contribution >= 4 is 5.69 Å². The maximum Gasteiger partial charge on any atom is 0.163 e. The van der Waals surface area contributed by atoms with Crippen LogP contribution in [0.1, 0.15) is 0 Å². The summed E-state index contributed by atoms with van der Waals surface area (Å²) in [6.45, 7) is 0. The van der Waals surface area contributed by atoms with Gasteiger partial charge in [-0.05, 0) is 34.7 Å². The summed E-state index contributed by atoms with van der Waals surface area (Å²) in [7, 11) is 0. The third kappa shape index (κ3) is 2.58. The molecule has 94 valence electrons. The fraction of sp³-hybridized carbons (Fsp3) is 0. The number of aromatic nitrogens is 4. The Morgan fingerprint density at radius 1 is 1.05 bits per heavy atom. The van der Waals surface area contributed by atoms with Gasteiger partial charge >= 0.3 is 0 Å². The van der Waals surface area contributed by atoms with Crippen molar-refractivity contribution in [1.82, 2.24) is 20.2 Å². The van der Waals surface area contributed by atoms with Crippen LogP contribution in [0.5, 0.6) is 0 Å². The van der Waals surface area contributed by atoms with Crippen LogP contribution in [0, 0.1) is 34.0 Å². The number of hydrogen-bond donors (Lipinski definition) is 1. The average molecular weight is 262 g/mol. The van der Waals surface area contributed by atoms with Gasteiger partial charge in [-0.25, -0.2) is 4.68 Å². The van der Waals surface area contributed by atoms with E-state index < -0.39 is 0 Å². The van der Waals surface area contributed by atoms with Crippen molar-refractivity contribution in [2.45, 2.75) is 0 Å². The smallest absolute Gasteiger partial charge is 0.163 e. The summed E-state index contributed by atoms with van der Waals surface area (Å²) in [5, 5.41) is 39.9. The lowest BCUT2D eigenvalue weighted by Crippen LogP contribution is -2.01. The molecule has 0 aliphatic heterocycles. The number of anilines is 1. The molecule has 0 aliphatic rings. The third-order valence-corrected chi connectivity index (χ3v) is 2.34. The minimum atomic E-state index is -0.267. The van der Waals surface area contributed by atoms with Gasteiger partial charge in [-0.2, -0.15) is 15.8 Å². The summed E-state index contributed by atoms with van der Waals surface area (Å²) in [6.07, 6.45) is 1.45. The van der Waals surface area contributed by atoms with Gasteiger partial charge in [0.25, 0.3) is 0 Å². The van der Waals surface area contributed by atoms with Gasteiger partial charge in [0, 0.05) is 5.69 Å². The molecule has 0 fully saturated rings. The highest BCUT2D eigenvalue weighted by atomic mass is 15.5. The number of benzene rings is 1. The quantitative estimate of drug-likeness (QED) is 0.813. The van der Waals surface area contributed by atoms with Crippen molar-refractivity contribution < 1.29 is 0 Å². The van der Waals surface area contributed by atoms with Crippen LogP contribution >= 0.6 is 0 Å². The van der Waals surface area contributed by atoms with E-state index in [0.29, 0.717) is 5.69 Å². The second-order valence-corrected chi connectivity index (χ2v) is 3.51. The van der Waals surface area contributed by atoms with Crippen LogP contribution in [0.2, 0.25) is 0 Å². The second-order valence-electron chi connectivity index (χ2n) is 3.51. The molecule has 8 nitrogen and oxygen atoms in total. The molecule has 0 aliphatic carbocycles. The van der Waals surface area contributed by atoms with E-state index in [1.807, 2.05) is 0 Å². The minimum Gasteiger partial charge on any atom is -0.345 e. The van der Waals surface area contributed by atoms with Crippen LogP contribution in [0.15, 0.2) is 41.9 Å². The molecule has 1 N–H and O–H groups in total. The van der Waals surface area contributed by atoms with E-state index in [2.05, 4.69) is 20.8 Å². The third-order valence-electron chi connectivity index (χ3n) is 2.34. The molecule has 8 heteroatoms. The first-order chi connectivity index (χ1) is 9.78. The Balaban J connectivity index is 2.25. The summed E-state index contributed by atoms with van der Waals surface area (Å²) in [6, 6.07) is 11.9. The molecule has 1 aromatic heterocycles. The van der Waals surface area contributed by atoms with Gasteiger partial charge in [0.1, 0.15) is 30.2 Å². The lowest BCUT2D eigenvalue weighted by molar-refractivity contribution is 0.789. The fourth-order valence-electron chi connectivity index (χ4n) is 1.40. The standard InChI is InChI=1S/C12H6N8/c13-5-9(6-14)12(7-15)17-10-1-3-11(4-2-10)20-8-16-18-19-20/h1-4,8,17H. The molecule has 1 aromatic carbocycles. The van der Waals surface area contributed by atoms with Crippen molar-refractivity contribution in [3.8, 4) is 23.9 Å². The van der Waals surface area contributed by atoms with Gasteiger partial charge < -0.3 is 5.32 Å². The number of tetrazole rings is 1. The number of allylic oxidation sites excluding steroid dienone is 2. The summed E-state index contributed by atoms with van der Waals surface area (Å²) in [5.74, 6) is 0. The van der Waals surface area contributed by atoms with Crippen LogP contribution in [0.3, 0.4) is 0 Å². The largest absolute Gasteiger partial charge is 0.345 e. The van der Waals surface area contributed by atoms with E-state index in [1.165, 1.54) is 11.0 Å². The first-order valence-corrected chi connectivity index (χ1v) is 5.33. The van der Waals surface area contributed by atoms with Crippen molar-refractivity contribution in [1.29, 1.82) is 15.8 Å². The summed E-state index contributed by atoms with van der Waals surface area (Å²) in [5.41, 5.74) is 0.951. The average Bonchev–Trinajstić information content (AvgIpc) is 3.02.